The highest BCUT2D eigenvalue weighted by molar-refractivity contribution is 5.34. The van der Waals surface area contributed by atoms with Crippen LogP contribution in [-0.2, 0) is 0 Å². The third kappa shape index (κ3) is 3.65. The van der Waals surface area contributed by atoms with Crippen molar-refractivity contribution in [3.05, 3.63) is 70.8 Å². The van der Waals surface area contributed by atoms with E-state index in [-0.39, 0.29) is 6.42 Å². The molecule has 0 saturated heterocycles. The summed E-state index contributed by atoms with van der Waals surface area (Å²) in [6, 6.07) is 6.76. The second-order valence-electron chi connectivity index (χ2n) is 5.20. The molecule has 2 aromatic carbocycles. The van der Waals surface area contributed by atoms with E-state index in [0.29, 0.717) is 17.5 Å². The van der Waals surface area contributed by atoms with Crippen molar-refractivity contribution in [3.8, 4) is 0 Å². The highest BCUT2D eigenvalue weighted by Gasteiger charge is 2.20. The molecule has 1 unspecified atom stereocenters. The molecule has 2 aromatic rings. The van der Waals surface area contributed by atoms with Gasteiger partial charge in [-0.1, -0.05) is 19.1 Å². The maximum atomic E-state index is 13.4. The highest BCUT2D eigenvalue weighted by Crippen LogP contribution is 2.31. The summed E-state index contributed by atoms with van der Waals surface area (Å²) in [7, 11) is 0. The van der Waals surface area contributed by atoms with Crippen LogP contribution in [0.1, 0.15) is 36.8 Å². The number of rotatable bonds is 5. The molecule has 0 heterocycles. The second-order valence-corrected chi connectivity index (χ2v) is 5.20. The molecular weight excluding hydrogens is 296 g/mol. The lowest BCUT2D eigenvalue weighted by Gasteiger charge is -2.21. The summed E-state index contributed by atoms with van der Waals surface area (Å²) in [6.45, 7) is 1.78. The number of hydrogen-bond donors (Lipinski definition) is 1. The van der Waals surface area contributed by atoms with Gasteiger partial charge in [0.05, 0.1) is 6.10 Å². The molecule has 2 rings (SSSR count). The number of hydrogen-bond acceptors (Lipinski definition) is 1. The quantitative estimate of drug-likeness (QED) is 0.804. The van der Waals surface area contributed by atoms with Crippen molar-refractivity contribution in [2.75, 3.05) is 0 Å². The predicted octanol–water partition coefficient (Wildman–Crippen LogP) is 4.54. The van der Waals surface area contributed by atoms with Gasteiger partial charge in [0.25, 0.3) is 0 Å². The van der Waals surface area contributed by atoms with Gasteiger partial charge in [-0.2, -0.15) is 0 Å². The molecule has 0 spiro atoms. The van der Waals surface area contributed by atoms with E-state index in [1.807, 2.05) is 0 Å². The molecule has 5 heteroatoms. The predicted molar refractivity (Wildman–Crippen MR) is 75.5 cm³/mol. The zero-order valence-corrected chi connectivity index (χ0v) is 12.0. The van der Waals surface area contributed by atoms with E-state index in [1.54, 1.807) is 6.92 Å². The first-order valence-electron chi connectivity index (χ1n) is 7.00. The van der Waals surface area contributed by atoms with E-state index in [2.05, 4.69) is 0 Å². The Bertz CT molecular complexity index is 606. The van der Waals surface area contributed by atoms with E-state index in [9.17, 15) is 22.7 Å². The molecule has 0 radical (unpaired) electrons. The van der Waals surface area contributed by atoms with Gasteiger partial charge in [-0.3, -0.25) is 0 Å². The Morgan fingerprint density at radius 1 is 0.818 bits per heavy atom. The minimum atomic E-state index is -1.02. The Morgan fingerprint density at radius 3 is 1.64 bits per heavy atom. The normalized spacial score (nSPS) is 12.7. The Balaban J connectivity index is 2.45. The fourth-order valence-corrected chi connectivity index (χ4v) is 2.36. The molecule has 0 aromatic heterocycles. The smallest absolute Gasteiger partial charge is 0.159 e. The fraction of sp³-hybridized carbons (Fsp3) is 0.294. The lowest BCUT2D eigenvalue weighted by molar-refractivity contribution is 0.155. The van der Waals surface area contributed by atoms with E-state index in [0.717, 1.165) is 24.3 Å². The molecule has 0 aliphatic rings. The van der Waals surface area contributed by atoms with Crippen LogP contribution in [0.5, 0.6) is 0 Å². The molecule has 22 heavy (non-hydrogen) atoms. The van der Waals surface area contributed by atoms with Crippen molar-refractivity contribution in [2.45, 2.75) is 31.8 Å². The molecule has 1 atom stereocenters. The van der Waals surface area contributed by atoms with Gasteiger partial charge >= 0.3 is 0 Å². The molecule has 0 fully saturated rings. The van der Waals surface area contributed by atoms with E-state index < -0.39 is 35.3 Å². The monoisotopic (exact) mass is 312 g/mol. The lowest BCUT2D eigenvalue weighted by atomic mass is 9.86. The third-order valence-electron chi connectivity index (χ3n) is 3.67. The van der Waals surface area contributed by atoms with Crippen molar-refractivity contribution >= 4 is 0 Å². The van der Waals surface area contributed by atoms with Gasteiger partial charge in [-0.25, -0.2) is 17.6 Å². The van der Waals surface area contributed by atoms with Gasteiger partial charge in [0.15, 0.2) is 23.3 Å². The Kier molecular flexibility index (Phi) is 5.19. The van der Waals surface area contributed by atoms with E-state index in [1.165, 1.54) is 12.1 Å². The number of halogens is 4. The van der Waals surface area contributed by atoms with Crippen LogP contribution >= 0.6 is 0 Å². The standard InChI is InChI=1S/C17H16F4O/c1-2-12(22)9-13(10-3-5-14(18)16(20)7-10)11-4-6-15(19)17(21)8-11/h3-8,12-13,22H,2,9H2,1H3. The Labute approximate surface area is 126 Å². The Morgan fingerprint density at radius 2 is 1.27 bits per heavy atom. The summed E-state index contributed by atoms with van der Waals surface area (Å²) < 4.78 is 53.0. The summed E-state index contributed by atoms with van der Waals surface area (Å²) in [4.78, 5) is 0. The SMILES string of the molecule is CCC(O)CC(c1ccc(F)c(F)c1)c1ccc(F)c(F)c1. The highest BCUT2D eigenvalue weighted by atomic mass is 19.2. The molecule has 118 valence electrons. The second kappa shape index (κ2) is 6.92. The van der Waals surface area contributed by atoms with Crippen molar-refractivity contribution in [3.63, 3.8) is 0 Å². The van der Waals surface area contributed by atoms with Crippen molar-refractivity contribution < 1.29 is 22.7 Å². The van der Waals surface area contributed by atoms with Crippen LogP contribution in [-0.4, -0.2) is 11.2 Å². The van der Waals surface area contributed by atoms with Crippen LogP contribution in [0.15, 0.2) is 36.4 Å². The topological polar surface area (TPSA) is 20.2 Å². The van der Waals surface area contributed by atoms with Crippen LogP contribution in [0, 0.1) is 23.3 Å². The van der Waals surface area contributed by atoms with Crippen LogP contribution in [0.25, 0.3) is 0 Å². The van der Waals surface area contributed by atoms with Gasteiger partial charge in [0, 0.05) is 5.92 Å². The van der Waals surface area contributed by atoms with Crippen LogP contribution in [0.4, 0.5) is 17.6 Å². The molecular formula is C17H16F4O. The van der Waals surface area contributed by atoms with Gasteiger partial charge < -0.3 is 5.11 Å². The minimum absolute atomic E-state index is 0.201. The summed E-state index contributed by atoms with van der Waals surface area (Å²) in [5, 5.41) is 9.86. The Hall–Kier alpha value is -1.88. The largest absolute Gasteiger partial charge is 0.393 e. The average molecular weight is 312 g/mol. The average Bonchev–Trinajstić information content (AvgIpc) is 2.50. The molecule has 1 nitrogen and oxygen atoms in total. The molecule has 1 N–H and O–H groups in total. The molecule has 0 saturated carbocycles. The molecule has 0 aliphatic heterocycles. The molecule has 0 amide bonds. The zero-order valence-electron chi connectivity index (χ0n) is 12.0. The fourth-order valence-electron chi connectivity index (χ4n) is 2.36. The van der Waals surface area contributed by atoms with Gasteiger partial charge in [-0.05, 0) is 48.2 Å². The third-order valence-corrected chi connectivity index (χ3v) is 3.67. The zero-order chi connectivity index (χ0) is 16.3. The molecule has 0 aliphatic carbocycles. The first-order valence-corrected chi connectivity index (χ1v) is 7.00. The van der Waals surface area contributed by atoms with Crippen LogP contribution in [0.3, 0.4) is 0 Å². The maximum absolute atomic E-state index is 13.4. The first kappa shape index (κ1) is 16.5. The summed E-state index contributed by atoms with van der Waals surface area (Å²) >= 11 is 0. The maximum Gasteiger partial charge on any atom is 0.159 e. The molecule has 0 bridgehead atoms. The summed E-state index contributed by atoms with van der Waals surface area (Å²) in [6.07, 6.45) is -0.0255. The van der Waals surface area contributed by atoms with Crippen molar-refractivity contribution in [1.82, 2.24) is 0 Å². The lowest BCUT2D eigenvalue weighted by Crippen LogP contribution is -2.13. The summed E-state index contributed by atoms with van der Waals surface area (Å²) in [5.74, 6) is -4.56. The van der Waals surface area contributed by atoms with Crippen molar-refractivity contribution in [1.29, 1.82) is 0 Å². The number of aliphatic hydroxyl groups excluding tert-OH is 1. The van der Waals surface area contributed by atoms with Gasteiger partial charge in [-0.15, -0.1) is 0 Å². The van der Waals surface area contributed by atoms with Crippen LogP contribution in [0.2, 0.25) is 0 Å². The minimum Gasteiger partial charge on any atom is -0.393 e. The summed E-state index contributed by atoms with van der Waals surface area (Å²) in [5.41, 5.74) is 0.801. The van der Waals surface area contributed by atoms with Gasteiger partial charge in [0.2, 0.25) is 0 Å². The van der Waals surface area contributed by atoms with Crippen LogP contribution < -0.4 is 0 Å². The van der Waals surface area contributed by atoms with E-state index in [4.69, 9.17) is 0 Å². The number of benzene rings is 2. The van der Waals surface area contributed by atoms with Gasteiger partial charge in [0.1, 0.15) is 0 Å². The first-order chi connectivity index (χ1) is 10.4. The van der Waals surface area contributed by atoms with Crippen molar-refractivity contribution in [2.24, 2.45) is 0 Å². The number of aliphatic hydroxyl groups is 1. The van der Waals surface area contributed by atoms with E-state index >= 15 is 0 Å².